The van der Waals surface area contributed by atoms with E-state index in [9.17, 15) is 10.1 Å². The van der Waals surface area contributed by atoms with Gasteiger partial charge in [-0.05, 0) is 12.8 Å². The van der Waals surface area contributed by atoms with Crippen LogP contribution in [-0.4, -0.2) is 5.91 Å². The molecule has 0 aromatic heterocycles. The van der Waals surface area contributed by atoms with Crippen molar-refractivity contribution in [3.63, 3.8) is 0 Å². The molecule has 0 fully saturated rings. The normalized spacial score (nSPS) is 11.3. The van der Waals surface area contributed by atoms with Gasteiger partial charge in [0.1, 0.15) is 5.41 Å². The second-order valence-electron chi connectivity index (χ2n) is 6.59. The molecule has 2 N–H and O–H groups in total. The average Bonchev–Trinajstić information content (AvgIpc) is 2.51. The molecule has 0 bridgehead atoms. The lowest BCUT2D eigenvalue weighted by atomic mass is 9.78. The molecule has 22 heavy (non-hydrogen) atoms. The SMILES string of the molecule is CCCCCCCCC(C#N)(CCCCCCCC)C(N)=O. The van der Waals surface area contributed by atoms with Crippen LogP contribution in [0.4, 0.5) is 0 Å². The van der Waals surface area contributed by atoms with E-state index in [1.807, 2.05) is 0 Å². The van der Waals surface area contributed by atoms with Crippen LogP contribution in [0.15, 0.2) is 0 Å². The zero-order valence-corrected chi connectivity index (χ0v) is 14.8. The van der Waals surface area contributed by atoms with E-state index in [4.69, 9.17) is 5.73 Å². The molecule has 128 valence electrons. The number of unbranched alkanes of at least 4 members (excludes halogenated alkanes) is 10. The van der Waals surface area contributed by atoms with Gasteiger partial charge < -0.3 is 5.73 Å². The molecule has 3 heteroatoms. The van der Waals surface area contributed by atoms with Crippen LogP contribution in [0, 0.1) is 16.7 Å². The maximum atomic E-state index is 11.8. The Hall–Kier alpha value is -1.04. The molecule has 0 atom stereocenters. The fourth-order valence-corrected chi connectivity index (χ4v) is 2.95. The Kier molecular flexibility index (Phi) is 13.0. The number of hydrogen-bond acceptors (Lipinski definition) is 2. The number of rotatable bonds is 15. The summed E-state index contributed by atoms with van der Waals surface area (Å²) in [5.74, 6) is -0.419. The molecule has 0 aliphatic carbocycles. The van der Waals surface area contributed by atoms with Gasteiger partial charge in [-0.15, -0.1) is 0 Å². The molecule has 3 nitrogen and oxygen atoms in total. The summed E-state index contributed by atoms with van der Waals surface area (Å²) >= 11 is 0. The fraction of sp³-hybridized carbons (Fsp3) is 0.895. The lowest BCUT2D eigenvalue weighted by Gasteiger charge is -2.23. The number of amides is 1. The molecule has 0 aliphatic rings. The molecular weight excluding hydrogens is 272 g/mol. The van der Waals surface area contributed by atoms with E-state index in [0.29, 0.717) is 12.8 Å². The molecule has 0 aromatic carbocycles. The first kappa shape index (κ1) is 21.0. The molecule has 0 spiro atoms. The van der Waals surface area contributed by atoms with Gasteiger partial charge in [-0.1, -0.05) is 90.9 Å². The topological polar surface area (TPSA) is 66.9 Å². The van der Waals surface area contributed by atoms with Crippen molar-refractivity contribution in [1.82, 2.24) is 0 Å². The number of primary amides is 1. The van der Waals surface area contributed by atoms with Crippen molar-refractivity contribution in [3.8, 4) is 6.07 Å². The monoisotopic (exact) mass is 308 g/mol. The van der Waals surface area contributed by atoms with Gasteiger partial charge in [-0.25, -0.2) is 0 Å². The summed E-state index contributed by atoms with van der Waals surface area (Å²) in [5.41, 5.74) is 4.62. The standard InChI is InChI=1S/C19H36N2O/c1-3-5-7-9-11-13-15-19(17-20,18(21)22)16-14-12-10-8-6-4-2/h3-16H2,1-2H3,(H2,21,22). The minimum atomic E-state index is -0.921. The van der Waals surface area contributed by atoms with Crippen LogP contribution in [0.5, 0.6) is 0 Å². The number of nitrogens with two attached hydrogens (primary N) is 1. The van der Waals surface area contributed by atoms with E-state index in [-0.39, 0.29) is 0 Å². The van der Waals surface area contributed by atoms with Gasteiger partial charge in [0, 0.05) is 0 Å². The summed E-state index contributed by atoms with van der Waals surface area (Å²) < 4.78 is 0. The molecule has 0 radical (unpaired) electrons. The van der Waals surface area contributed by atoms with E-state index in [1.54, 1.807) is 0 Å². The Labute approximate surface area is 137 Å². The largest absolute Gasteiger partial charge is 0.368 e. The molecule has 0 rings (SSSR count). The van der Waals surface area contributed by atoms with Crippen molar-refractivity contribution in [2.45, 2.75) is 104 Å². The van der Waals surface area contributed by atoms with Crippen LogP contribution in [0.25, 0.3) is 0 Å². The summed E-state index contributed by atoms with van der Waals surface area (Å²) in [6, 6.07) is 2.24. The number of hydrogen-bond donors (Lipinski definition) is 1. The Morgan fingerprint density at radius 3 is 1.50 bits per heavy atom. The van der Waals surface area contributed by atoms with Gasteiger partial charge in [0.2, 0.25) is 5.91 Å². The highest BCUT2D eigenvalue weighted by Gasteiger charge is 2.35. The molecule has 0 unspecified atom stereocenters. The number of nitriles is 1. The van der Waals surface area contributed by atoms with E-state index in [0.717, 1.165) is 25.7 Å². The van der Waals surface area contributed by atoms with Crippen molar-refractivity contribution in [1.29, 1.82) is 5.26 Å². The highest BCUT2D eigenvalue weighted by molar-refractivity contribution is 5.83. The Morgan fingerprint density at radius 1 is 0.818 bits per heavy atom. The van der Waals surface area contributed by atoms with Crippen molar-refractivity contribution >= 4 is 5.91 Å². The van der Waals surface area contributed by atoms with Crippen LogP contribution < -0.4 is 5.73 Å². The minimum Gasteiger partial charge on any atom is -0.368 e. The molecule has 0 aliphatic heterocycles. The van der Waals surface area contributed by atoms with Crippen molar-refractivity contribution in [2.75, 3.05) is 0 Å². The first-order valence-corrected chi connectivity index (χ1v) is 9.34. The lowest BCUT2D eigenvalue weighted by Crippen LogP contribution is -2.36. The predicted octanol–water partition coefficient (Wildman–Crippen LogP) is 5.48. The lowest BCUT2D eigenvalue weighted by molar-refractivity contribution is -0.125. The maximum Gasteiger partial charge on any atom is 0.237 e. The Bertz CT molecular complexity index is 304. The average molecular weight is 309 g/mol. The van der Waals surface area contributed by atoms with Crippen molar-refractivity contribution < 1.29 is 4.79 Å². The van der Waals surface area contributed by atoms with Crippen LogP contribution in [0.2, 0.25) is 0 Å². The second kappa shape index (κ2) is 13.6. The molecule has 0 saturated heterocycles. The molecular formula is C19H36N2O. The highest BCUT2D eigenvalue weighted by Crippen LogP contribution is 2.31. The highest BCUT2D eigenvalue weighted by atomic mass is 16.1. The molecule has 1 amide bonds. The fourth-order valence-electron chi connectivity index (χ4n) is 2.95. The van der Waals surface area contributed by atoms with Crippen LogP contribution in [-0.2, 0) is 4.79 Å². The summed E-state index contributed by atoms with van der Waals surface area (Å²) in [5, 5.41) is 9.48. The third kappa shape index (κ3) is 9.07. The number of carbonyl (C=O) groups is 1. The molecule has 0 saturated carbocycles. The van der Waals surface area contributed by atoms with Gasteiger partial charge in [0.15, 0.2) is 0 Å². The van der Waals surface area contributed by atoms with Gasteiger partial charge >= 0.3 is 0 Å². The summed E-state index contributed by atoms with van der Waals surface area (Å²) in [4.78, 5) is 11.8. The third-order valence-electron chi connectivity index (χ3n) is 4.60. The second-order valence-corrected chi connectivity index (χ2v) is 6.59. The van der Waals surface area contributed by atoms with Crippen LogP contribution in [0.1, 0.15) is 104 Å². The predicted molar refractivity (Wildman–Crippen MR) is 93.2 cm³/mol. The Balaban J connectivity index is 4.08. The van der Waals surface area contributed by atoms with E-state index < -0.39 is 11.3 Å². The van der Waals surface area contributed by atoms with Crippen molar-refractivity contribution in [3.05, 3.63) is 0 Å². The molecule has 0 heterocycles. The quantitative estimate of drug-likeness (QED) is 0.407. The Morgan fingerprint density at radius 2 is 1.18 bits per heavy atom. The van der Waals surface area contributed by atoms with Crippen molar-refractivity contribution in [2.24, 2.45) is 11.1 Å². The molecule has 0 aromatic rings. The van der Waals surface area contributed by atoms with Gasteiger partial charge in [0.05, 0.1) is 6.07 Å². The maximum absolute atomic E-state index is 11.8. The van der Waals surface area contributed by atoms with E-state index in [2.05, 4.69) is 19.9 Å². The first-order chi connectivity index (χ1) is 10.6. The summed E-state index contributed by atoms with van der Waals surface area (Å²) in [7, 11) is 0. The summed E-state index contributed by atoms with van der Waals surface area (Å²) in [6.45, 7) is 4.41. The minimum absolute atomic E-state index is 0.419. The number of nitrogens with zero attached hydrogens (tertiary/aromatic N) is 1. The summed E-state index contributed by atoms with van der Waals surface area (Å²) in [6.07, 6.45) is 15.3. The van der Waals surface area contributed by atoms with Crippen LogP contribution >= 0.6 is 0 Å². The number of carbonyl (C=O) groups excluding carboxylic acids is 1. The van der Waals surface area contributed by atoms with E-state index >= 15 is 0 Å². The smallest absolute Gasteiger partial charge is 0.237 e. The first-order valence-electron chi connectivity index (χ1n) is 9.34. The zero-order chi connectivity index (χ0) is 16.7. The van der Waals surface area contributed by atoms with Gasteiger partial charge in [0.25, 0.3) is 0 Å². The third-order valence-corrected chi connectivity index (χ3v) is 4.60. The van der Waals surface area contributed by atoms with E-state index in [1.165, 1.54) is 51.4 Å². The zero-order valence-electron chi connectivity index (χ0n) is 14.8. The van der Waals surface area contributed by atoms with Gasteiger partial charge in [-0.2, -0.15) is 5.26 Å². The van der Waals surface area contributed by atoms with Crippen LogP contribution in [0.3, 0.4) is 0 Å². The van der Waals surface area contributed by atoms with Gasteiger partial charge in [-0.3, -0.25) is 4.79 Å².